The first-order chi connectivity index (χ1) is 3.46. The Labute approximate surface area is 105 Å². The van der Waals surface area contributed by atoms with E-state index in [9.17, 15) is 0 Å². The minimum absolute atomic E-state index is 0. The molecule has 0 aliphatic heterocycles. The molecule has 0 aliphatic rings. The van der Waals surface area contributed by atoms with E-state index in [2.05, 4.69) is 0 Å². The van der Waals surface area contributed by atoms with Gasteiger partial charge in [0.15, 0.2) is 0 Å². The molecule has 0 radical (unpaired) electrons. The third kappa shape index (κ3) is 195. The van der Waals surface area contributed by atoms with Crippen LogP contribution in [0.15, 0.2) is 0 Å². The van der Waals surface area contributed by atoms with Crippen LogP contribution in [0.5, 0.6) is 0 Å². The molecule has 6 nitrogen and oxygen atoms in total. The monoisotopic (exact) mass is 246 g/mol. The standard InChI is InChI=1S/Mg.Na.6O.2V.H/q+2;;;;;;2*-1;;;. The first kappa shape index (κ1) is 22.7. The van der Waals surface area contributed by atoms with Crippen LogP contribution in [0.1, 0.15) is 0 Å². The van der Waals surface area contributed by atoms with Gasteiger partial charge in [0, 0.05) is 0 Å². The predicted molar refractivity (Wildman–Crippen MR) is 15.6 cm³/mol. The van der Waals surface area contributed by atoms with E-state index in [-0.39, 0.29) is 52.6 Å². The third-order valence-corrected chi connectivity index (χ3v) is 0. The van der Waals surface area contributed by atoms with E-state index >= 15 is 0 Å². The maximum atomic E-state index is 8.56. The van der Waals surface area contributed by atoms with Gasteiger partial charge in [-0.3, -0.25) is 0 Å². The Kier molecular flexibility index (Phi) is 39.1. The molecule has 50 valence electrons. The van der Waals surface area contributed by atoms with Gasteiger partial charge in [-0.25, -0.2) is 0 Å². The van der Waals surface area contributed by atoms with Crippen molar-refractivity contribution in [3.05, 3.63) is 0 Å². The molecule has 0 aliphatic carbocycles. The van der Waals surface area contributed by atoms with Crippen molar-refractivity contribution in [2.45, 2.75) is 0 Å². The molecule has 0 aromatic carbocycles. The molecule has 0 saturated carbocycles. The van der Waals surface area contributed by atoms with Gasteiger partial charge < -0.3 is 0 Å². The molecule has 0 saturated heterocycles. The summed E-state index contributed by atoms with van der Waals surface area (Å²) in [5.74, 6) is 0. The molecule has 0 spiro atoms. The fraction of sp³-hybridized carbons (Fsp3) is 0. The van der Waals surface area contributed by atoms with Crippen molar-refractivity contribution < 1.29 is 53.6 Å². The Morgan fingerprint density at radius 1 is 0.800 bits per heavy atom. The molecule has 0 atom stereocenters. The second-order valence-electron chi connectivity index (χ2n) is 0.447. The Morgan fingerprint density at radius 2 is 0.800 bits per heavy atom. The Morgan fingerprint density at radius 3 is 0.800 bits per heavy atom. The second-order valence-corrected chi connectivity index (χ2v) is 1.84. The van der Waals surface area contributed by atoms with Crippen molar-refractivity contribution in [3.8, 4) is 0 Å². The molecular formula is HMgNaO6V2. The van der Waals surface area contributed by atoms with Gasteiger partial charge in [-0.15, -0.1) is 0 Å². The Hall–Kier alpha value is 2.06. The van der Waals surface area contributed by atoms with Crippen molar-refractivity contribution in [1.29, 1.82) is 0 Å². The SMILES string of the molecule is [Mg+2].[NaH].[O]=[V](=[O])[O-].[O]=[V](=[O])[O-]. The predicted octanol–water partition coefficient (Wildman–Crippen LogP) is -3.89. The fourth-order valence-corrected chi connectivity index (χ4v) is 0. The fourth-order valence-electron chi connectivity index (χ4n) is 0. The van der Waals surface area contributed by atoms with Crippen LogP contribution in [-0.2, 0) is 45.5 Å². The zero-order valence-corrected chi connectivity index (χ0v) is 8.26. The van der Waals surface area contributed by atoms with Crippen molar-refractivity contribution >= 4 is 52.6 Å². The average Bonchev–Trinajstić information content (AvgIpc) is 1.25. The molecule has 0 heterocycles. The van der Waals surface area contributed by atoms with Gasteiger partial charge in [-0.1, -0.05) is 0 Å². The molecule has 0 N–H and O–H groups in total. The topological polar surface area (TPSA) is 114 Å². The molecule has 10 heteroatoms. The summed E-state index contributed by atoms with van der Waals surface area (Å²) in [4.78, 5) is 0. The van der Waals surface area contributed by atoms with Crippen molar-refractivity contribution in [3.63, 3.8) is 0 Å². The van der Waals surface area contributed by atoms with Crippen LogP contribution in [0, 0.1) is 0 Å². The molecule has 0 unspecified atom stereocenters. The average molecular weight is 246 g/mol. The Balaban J connectivity index is -0.0000000300. The van der Waals surface area contributed by atoms with Gasteiger partial charge in [0.05, 0.1) is 0 Å². The van der Waals surface area contributed by atoms with E-state index in [1.54, 1.807) is 0 Å². The van der Waals surface area contributed by atoms with E-state index in [4.69, 9.17) is 22.8 Å². The van der Waals surface area contributed by atoms with Crippen molar-refractivity contribution in [1.82, 2.24) is 0 Å². The summed E-state index contributed by atoms with van der Waals surface area (Å²) in [6.45, 7) is 0. The summed E-state index contributed by atoms with van der Waals surface area (Å²) in [6, 6.07) is 0. The second kappa shape index (κ2) is 17.2. The summed E-state index contributed by atoms with van der Waals surface area (Å²) >= 11 is -7.88. The van der Waals surface area contributed by atoms with Crippen molar-refractivity contribution in [2.75, 3.05) is 0 Å². The molecule has 10 heavy (non-hydrogen) atoms. The van der Waals surface area contributed by atoms with E-state index in [1.165, 1.54) is 0 Å². The van der Waals surface area contributed by atoms with E-state index in [0.717, 1.165) is 0 Å². The third-order valence-electron chi connectivity index (χ3n) is 0. The van der Waals surface area contributed by atoms with Crippen LogP contribution >= 0.6 is 0 Å². The molecule has 0 bridgehead atoms. The van der Waals surface area contributed by atoms with Gasteiger partial charge >= 0.3 is 106 Å². The van der Waals surface area contributed by atoms with Gasteiger partial charge in [0.2, 0.25) is 0 Å². The zero-order valence-electron chi connectivity index (χ0n) is 4.05. The molecule has 0 rings (SSSR count). The quantitative estimate of drug-likeness (QED) is 0.404. The summed E-state index contributed by atoms with van der Waals surface area (Å²) in [5.41, 5.74) is 0. The van der Waals surface area contributed by atoms with Crippen LogP contribution in [0.2, 0.25) is 0 Å². The normalized spacial score (nSPS) is 5.00. The summed E-state index contributed by atoms with van der Waals surface area (Å²) in [7, 11) is 0. The van der Waals surface area contributed by atoms with E-state index in [0.29, 0.717) is 0 Å². The zero-order chi connectivity index (χ0) is 7.15. The van der Waals surface area contributed by atoms with Crippen LogP contribution < -0.4 is 8.06 Å². The maximum absolute atomic E-state index is 8.56. The van der Waals surface area contributed by atoms with Gasteiger partial charge in [-0.2, -0.15) is 0 Å². The summed E-state index contributed by atoms with van der Waals surface area (Å²) < 4.78 is 51.4. The molecule has 0 amide bonds. The van der Waals surface area contributed by atoms with E-state index in [1.807, 2.05) is 0 Å². The molecule has 0 aromatic rings. The van der Waals surface area contributed by atoms with Crippen LogP contribution in [0.4, 0.5) is 0 Å². The number of rotatable bonds is 0. The summed E-state index contributed by atoms with van der Waals surface area (Å²) in [5, 5.41) is 0. The Bertz CT molecular complexity index is 133. The molecule has 0 fully saturated rings. The van der Waals surface area contributed by atoms with Gasteiger partial charge in [0.1, 0.15) is 0 Å². The molecule has 0 aromatic heterocycles. The van der Waals surface area contributed by atoms with Crippen LogP contribution in [-0.4, -0.2) is 52.6 Å². The first-order valence-electron chi connectivity index (χ1n) is 1.10. The minimum atomic E-state index is -3.94. The van der Waals surface area contributed by atoms with Crippen molar-refractivity contribution in [2.24, 2.45) is 0 Å². The summed E-state index contributed by atoms with van der Waals surface area (Å²) in [6.07, 6.45) is 0. The van der Waals surface area contributed by atoms with Crippen LogP contribution in [0.25, 0.3) is 0 Å². The molecular weight excluding hydrogens is 245 g/mol. The van der Waals surface area contributed by atoms with Gasteiger partial charge in [0.25, 0.3) is 0 Å². The van der Waals surface area contributed by atoms with E-state index < -0.39 is 30.8 Å². The van der Waals surface area contributed by atoms with Gasteiger partial charge in [-0.05, 0) is 0 Å². The number of hydrogen-bond donors (Lipinski definition) is 0. The van der Waals surface area contributed by atoms with Crippen LogP contribution in [0.3, 0.4) is 0 Å². The first-order valence-corrected chi connectivity index (χ1v) is 4.52. The number of hydrogen-bond acceptors (Lipinski definition) is 6.